The average molecular weight is 328 g/mol. The highest BCUT2D eigenvalue weighted by Gasteiger charge is 2.25. The molecule has 0 N–H and O–H groups in total. The Kier molecular flexibility index (Phi) is 3.11. The summed E-state index contributed by atoms with van der Waals surface area (Å²) in [6.45, 7) is 2.04. The van der Waals surface area contributed by atoms with Crippen molar-refractivity contribution in [3.8, 4) is 5.75 Å². The fraction of sp³-hybridized carbons (Fsp3) is 0.227. The highest BCUT2D eigenvalue weighted by Crippen LogP contribution is 2.40. The van der Waals surface area contributed by atoms with Gasteiger partial charge in [-0.1, -0.05) is 42.5 Å². The van der Waals surface area contributed by atoms with Gasteiger partial charge in [0, 0.05) is 7.05 Å². The number of nitrogens with zero attached hydrogens (tertiary/aromatic N) is 2. The molecule has 4 aromatic rings. The fourth-order valence-corrected chi connectivity index (χ4v) is 3.85. The summed E-state index contributed by atoms with van der Waals surface area (Å²) < 4.78 is 8.60. The van der Waals surface area contributed by atoms with E-state index in [2.05, 4.69) is 66.2 Å². The number of hydrogen-bond donors (Lipinski definition) is 0. The molecule has 5 rings (SSSR count). The SMILES string of the molecule is Cc1nc2c3c(ccc2n1C)CC[C@@H](c1ccc2ccccc2c1)O3. The van der Waals surface area contributed by atoms with Gasteiger partial charge in [0.1, 0.15) is 17.4 Å². The summed E-state index contributed by atoms with van der Waals surface area (Å²) in [4.78, 5) is 4.74. The Morgan fingerprint density at radius 1 is 1.04 bits per heavy atom. The lowest BCUT2D eigenvalue weighted by molar-refractivity contribution is 0.179. The summed E-state index contributed by atoms with van der Waals surface area (Å²) in [5, 5.41) is 2.53. The van der Waals surface area contributed by atoms with Gasteiger partial charge in [0.15, 0.2) is 5.75 Å². The highest BCUT2D eigenvalue weighted by molar-refractivity contribution is 5.85. The normalized spacial score (nSPS) is 16.8. The van der Waals surface area contributed by atoms with Crippen LogP contribution in [0.15, 0.2) is 54.6 Å². The monoisotopic (exact) mass is 328 g/mol. The molecule has 0 saturated heterocycles. The molecule has 3 heteroatoms. The van der Waals surface area contributed by atoms with Gasteiger partial charge in [0.2, 0.25) is 0 Å². The van der Waals surface area contributed by atoms with E-state index in [-0.39, 0.29) is 6.10 Å². The van der Waals surface area contributed by atoms with Crippen LogP contribution in [0.1, 0.15) is 29.5 Å². The van der Waals surface area contributed by atoms with Gasteiger partial charge in [-0.15, -0.1) is 0 Å². The maximum atomic E-state index is 6.47. The zero-order chi connectivity index (χ0) is 17.0. The van der Waals surface area contributed by atoms with Gasteiger partial charge in [-0.2, -0.15) is 0 Å². The molecule has 1 aliphatic heterocycles. The van der Waals surface area contributed by atoms with Crippen molar-refractivity contribution in [1.82, 2.24) is 9.55 Å². The van der Waals surface area contributed by atoms with E-state index < -0.39 is 0 Å². The minimum absolute atomic E-state index is 0.0880. The molecule has 0 aliphatic carbocycles. The van der Waals surface area contributed by atoms with Gasteiger partial charge in [-0.25, -0.2) is 4.98 Å². The van der Waals surface area contributed by atoms with Crippen molar-refractivity contribution >= 4 is 21.8 Å². The maximum Gasteiger partial charge on any atom is 0.151 e. The Hall–Kier alpha value is -2.81. The molecule has 25 heavy (non-hydrogen) atoms. The van der Waals surface area contributed by atoms with E-state index in [1.807, 2.05) is 6.92 Å². The molecule has 1 aliphatic rings. The number of fused-ring (bicyclic) bond motifs is 4. The second-order valence-electron chi connectivity index (χ2n) is 6.89. The van der Waals surface area contributed by atoms with Crippen molar-refractivity contribution in [2.75, 3.05) is 0 Å². The predicted octanol–water partition coefficient (Wildman–Crippen LogP) is 5.10. The van der Waals surface area contributed by atoms with E-state index in [1.54, 1.807) is 0 Å². The zero-order valence-corrected chi connectivity index (χ0v) is 14.5. The number of aromatic nitrogens is 2. The zero-order valence-electron chi connectivity index (χ0n) is 14.5. The molecule has 0 unspecified atom stereocenters. The molecule has 0 bridgehead atoms. The van der Waals surface area contributed by atoms with Crippen molar-refractivity contribution < 1.29 is 4.74 Å². The first kappa shape index (κ1) is 14.5. The second-order valence-corrected chi connectivity index (χ2v) is 6.89. The van der Waals surface area contributed by atoms with Crippen LogP contribution in [0, 0.1) is 6.92 Å². The molecule has 0 amide bonds. The lowest BCUT2D eigenvalue weighted by Gasteiger charge is -2.27. The van der Waals surface area contributed by atoms with Crippen LogP contribution in [0.5, 0.6) is 5.75 Å². The van der Waals surface area contributed by atoms with Crippen LogP contribution in [0.4, 0.5) is 0 Å². The van der Waals surface area contributed by atoms with Gasteiger partial charge in [-0.05, 0) is 53.8 Å². The summed E-state index contributed by atoms with van der Waals surface area (Å²) in [6.07, 6.45) is 2.12. The van der Waals surface area contributed by atoms with E-state index >= 15 is 0 Å². The van der Waals surface area contributed by atoms with Crippen LogP contribution in [0.25, 0.3) is 21.8 Å². The first-order valence-electron chi connectivity index (χ1n) is 8.81. The molecule has 2 heterocycles. The van der Waals surface area contributed by atoms with Crippen molar-refractivity contribution in [3.63, 3.8) is 0 Å². The quantitative estimate of drug-likeness (QED) is 0.486. The molecule has 0 radical (unpaired) electrons. The Bertz CT molecular complexity index is 1110. The average Bonchev–Trinajstić information content (AvgIpc) is 2.95. The van der Waals surface area contributed by atoms with Crippen LogP contribution in [-0.2, 0) is 13.5 Å². The van der Waals surface area contributed by atoms with E-state index in [4.69, 9.17) is 9.72 Å². The van der Waals surface area contributed by atoms with Gasteiger partial charge in [0.25, 0.3) is 0 Å². The minimum atomic E-state index is 0.0880. The Balaban J connectivity index is 1.59. The van der Waals surface area contributed by atoms with Crippen LogP contribution in [0.2, 0.25) is 0 Å². The number of hydrogen-bond acceptors (Lipinski definition) is 2. The van der Waals surface area contributed by atoms with E-state index in [9.17, 15) is 0 Å². The summed E-state index contributed by atoms with van der Waals surface area (Å²) in [6, 6.07) is 19.5. The fourth-order valence-electron chi connectivity index (χ4n) is 3.85. The van der Waals surface area contributed by atoms with Crippen LogP contribution < -0.4 is 4.74 Å². The topological polar surface area (TPSA) is 27.1 Å². The first-order chi connectivity index (χ1) is 12.2. The largest absolute Gasteiger partial charge is 0.483 e. The standard InChI is InChI=1S/C22H20N2O/c1-14-23-21-19(24(14)2)11-9-16-10-12-20(25-22(16)21)18-8-7-15-5-3-4-6-17(15)13-18/h3-9,11,13,20H,10,12H2,1-2H3/t20-/m0/s1. The summed E-state index contributed by atoms with van der Waals surface area (Å²) >= 11 is 0. The Morgan fingerprint density at radius 3 is 2.76 bits per heavy atom. The molecule has 3 aromatic carbocycles. The third-order valence-corrected chi connectivity index (χ3v) is 5.39. The summed E-state index contributed by atoms with van der Waals surface area (Å²) in [5.41, 5.74) is 4.63. The third kappa shape index (κ3) is 2.23. The van der Waals surface area contributed by atoms with E-state index in [1.165, 1.54) is 21.9 Å². The van der Waals surface area contributed by atoms with Gasteiger partial charge in [0.05, 0.1) is 5.52 Å². The van der Waals surface area contributed by atoms with Gasteiger partial charge < -0.3 is 9.30 Å². The van der Waals surface area contributed by atoms with Crippen LogP contribution in [-0.4, -0.2) is 9.55 Å². The Labute approximate surface area is 146 Å². The lowest BCUT2D eigenvalue weighted by atomic mass is 9.95. The lowest BCUT2D eigenvalue weighted by Crippen LogP contribution is -2.15. The number of aryl methyl sites for hydroxylation is 3. The van der Waals surface area contributed by atoms with Crippen LogP contribution >= 0.6 is 0 Å². The summed E-state index contributed by atoms with van der Waals surface area (Å²) in [7, 11) is 2.06. The molecular weight excluding hydrogens is 308 g/mol. The number of ether oxygens (including phenoxy) is 1. The predicted molar refractivity (Wildman–Crippen MR) is 101 cm³/mol. The van der Waals surface area contributed by atoms with E-state index in [0.29, 0.717) is 0 Å². The molecule has 3 nitrogen and oxygen atoms in total. The van der Waals surface area contributed by atoms with Gasteiger partial charge >= 0.3 is 0 Å². The van der Waals surface area contributed by atoms with Crippen molar-refractivity contribution in [3.05, 3.63) is 71.5 Å². The number of benzene rings is 3. The maximum absolute atomic E-state index is 6.47. The van der Waals surface area contributed by atoms with Crippen LogP contribution in [0.3, 0.4) is 0 Å². The van der Waals surface area contributed by atoms with Crippen molar-refractivity contribution in [2.24, 2.45) is 7.05 Å². The van der Waals surface area contributed by atoms with Crippen molar-refractivity contribution in [2.45, 2.75) is 25.9 Å². The highest BCUT2D eigenvalue weighted by atomic mass is 16.5. The molecule has 0 spiro atoms. The number of imidazole rings is 1. The minimum Gasteiger partial charge on any atom is -0.483 e. The molecule has 1 atom stereocenters. The van der Waals surface area contributed by atoms with Gasteiger partial charge in [-0.3, -0.25) is 0 Å². The first-order valence-corrected chi connectivity index (χ1v) is 8.81. The number of rotatable bonds is 1. The molecule has 1 aromatic heterocycles. The second kappa shape index (κ2) is 5.35. The third-order valence-electron chi connectivity index (χ3n) is 5.39. The smallest absolute Gasteiger partial charge is 0.151 e. The molecular formula is C22H20N2O. The van der Waals surface area contributed by atoms with Crippen molar-refractivity contribution in [1.29, 1.82) is 0 Å². The summed E-state index contributed by atoms with van der Waals surface area (Å²) in [5.74, 6) is 1.98. The molecule has 124 valence electrons. The van der Waals surface area contributed by atoms with E-state index in [0.717, 1.165) is 35.4 Å². The molecule has 0 fully saturated rings. The molecule has 0 saturated carbocycles. The Morgan fingerprint density at radius 2 is 1.88 bits per heavy atom.